The molecule has 3 heterocycles. The van der Waals surface area contributed by atoms with E-state index in [4.69, 9.17) is 0 Å². The van der Waals surface area contributed by atoms with Crippen molar-refractivity contribution in [1.82, 2.24) is 34.6 Å². The second kappa shape index (κ2) is 10.9. The van der Waals surface area contributed by atoms with Gasteiger partial charge in [-0.05, 0) is 37.8 Å². The van der Waals surface area contributed by atoms with Gasteiger partial charge < -0.3 is 10.2 Å². The predicted octanol–water partition coefficient (Wildman–Crippen LogP) is 2.29. The molecule has 1 fully saturated rings. The third-order valence-corrected chi connectivity index (χ3v) is 6.58. The van der Waals surface area contributed by atoms with Gasteiger partial charge in [0.2, 0.25) is 0 Å². The second-order valence-corrected chi connectivity index (χ2v) is 8.70. The maximum absolute atomic E-state index is 12.8. The normalized spacial score (nSPS) is 17.6. The molecule has 2 aromatic heterocycles. The summed E-state index contributed by atoms with van der Waals surface area (Å²) in [6, 6.07) is 14.4. The number of nitrogens with one attached hydrogen (secondary N) is 1. The Morgan fingerprint density at radius 3 is 2.64 bits per heavy atom. The monoisotopic (exact) mass is 449 g/mol. The summed E-state index contributed by atoms with van der Waals surface area (Å²) in [5.74, 6) is 0.814. The van der Waals surface area contributed by atoms with Crippen LogP contribution in [0.5, 0.6) is 0 Å². The van der Waals surface area contributed by atoms with Gasteiger partial charge in [0.15, 0.2) is 11.5 Å². The fourth-order valence-corrected chi connectivity index (χ4v) is 4.43. The minimum atomic E-state index is -0.0635. The van der Waals surface area contributed by atoms with E-state index in [0.29, 0.717) is 12.1 Å². The molecule has 3 aromatic rings. The smallest absolute Gasteiger partial charge is 0.252 e. The van der Waals surface area contributed by atoms with Gasteiger partial charge in [-0.15, -0.1) is 10.2 Å². The highest BCUT2D eigenvalue weighted by atomic mass is 16.1. The number of fused-ring (bicyclic) bond motifs is 1. The number of benzene rings is 1. The summed E-state index contributed by atoms with van der Waals surface area (Å²) in [5.41, 5.74) is 2.71. The Kier molecular flexibility index (Phi) is 7.69. The van der Waals surface area contributed by atoms with Gasteiger partial charge in [-0.1, -0.05) is 44.2 Å². The lowest BCUT2D eigenvalue weighted by molar-refractivity contribution is 0.0852. The molecule has 1 aromatic carbocycles. The molecule has 1 amide bonds. The molecule has 8 heteroatoms. The molecule has 1 unspecified atom stereocenters. The van der Waals surface area contributed by atoms with Gasteiger partial charge in [-0.3, -0.25) is 19.0 Å². The average molecular weight is 450 g/mol. The molecule has 1 atom stereocenters. The van der Waals surface area contributed by atoms with Crippen LogP contribution in [0.4, 0.5) is 0 Å². The van der Waals surface area contributed by atoms with Crippen molar-refractivity contribution in [3.63, 3.8) is 0 Å². The van der Waals surface area contributed by atoms with E-state index in [9.17, 15) is 4.79 Å². The number of pyridine rings is 1. The lowest BCUT2D eigenvalue weighted by atomic mass is 10.1. The number of amides is 1. The van der Waals surface area contributed by atoms with Crippen molar-refractivity contribution in [3.8, 4) is 0 Å². The molecule has 0 spiro atoms. The zero-order valence-corrected chi connectivity index (χ0v) is 19.9. The molecule has 1 aliphatic rings. The number of carbonyl (C=O) groups excluding carboxylic acids is 1. The molecule has 8 nitrogen and oxygen atoms in total. The predicted molar refractivity (Wildman–Crippen MR) is 130 cm³/mol. The maximum Gasteiger partial charge on any atom is 0.252 e. The summed E-state index contributed by atoms with van der Waals surface area (Å²) in [6.07, 6.45) is 1.88. The second-order valence-electron chi connectivity index (χ2n) is 8.70. The molecule has 1 saturated heterocycles. The Morgan fingerprint density at radius 2 is 1.88 bits per heavy atom. The van der Waals surface area contributed by atoms with Crippen molar-refractivity contribution in [2.45, 2.75) is 26.4 Å². The summed E-state index contributed by atoms with van der Waals surface area (Å²) in [6.45, 7) is 11.5. The molecule has 4 rings (SSSR count). The molecule has 33 heavy (non-hydrogen) atoms. The first-order valence-electron chi connectivity index (χ1n) is 11.9. The highest BCUT2D eigenvalue weighted by Crippen LogP contribution is 2.24. The summed E-state index contributed by atoms with van der Waals surface area (Å²) in [5, 5.41) is 11.9. The highest BCUT2D eigenvalue weighted by molar-refractivity contribution is 5.94. The number of aromatic nitrogens is 3. The first kappa shape index (κ1) is 23.4. The van der Waals surface area contributed by atoms with Gasteiger partial charge >= 0.3 is 0 Å². The SMILES string of the molecule is CCN(CC)CCNC(=O)c1ccc2nnc(C3CN(Cc4ccccc4)CCN3C)n2c1. The molecular weight excluding hydrogens is 414 g/mol. The van der Waals surface area contributed by atoms with Crippen LogP contribution in [0.15, 0.2) is 48.7 Å². The van der Waals surface area contributed by atoms with Crippen LogP contribution in [0, 0.1) is 0 Å². The maximum atomic E-state index is 12.8. The van der Waals surface area contributed by atoms with Crippen molar-refractivity contribution in [2.75, 3.05) is 52.9 Å². The number of likely N-dealkylation sites (N-methyl/N-ethyl adjacent to an activating group) is 2. The lowest BCUT2D eigenvalue weighted by Crippen LogP contribution is -2.46. The van der Waals surface area contributed by atoms with Gasteiger partial charge in [-0.25, -0.2) is 0 Å². The van der Waals surface area contributed by atoms with E-state index in [1.165, 1.54) is 5.56 Å². The molecule has 0 aliphatic carbocycles. The van der Waals surface area contributed by atoms with Crippen molar-refractivity contribution in [2.24, 2.45) is 0 Å². The topological polar surface area (TPSA) is 69.0 Å². The molecule has 1 N–H and O–H groups in total. The van der Waals surface area contributed by atoms with Crippen LogP contribution in [-0.2, 0) is 6.54 Å². The van der Waals surface area contributed by atoms with Crippen molar-refractivity contribution >= 4 is 11.6 Å². The van der Waals surface area contributed by atoms with Crippen LogP contribution in [0.25, 0.3) is 5.65 Å². The Hall–Kier alpha value is -2.81. The van der Waals surface area contributed by atoms with Gasteiger partial charge in [0.1, 0.15) is 0 Å². The number of hydrogen-bond acceptors (Lipinski definition) is 6. The quantitative estimate of drug-likeness (QED) is 0.541. The van der Waals surface area contributed by atoms with E-state index in [0.717, 1.165) is 57.3 Å². The molecule has 0 radical (unpaired) electrons. The zero-order chi connectivity index (χ0) is 23.2. The third-order valence-electron chi connectivity index (χ3n) is 6.58. The van der Waals surface area contributed by atoms with Crippen LogP contribution in [0.3, 0.4) is 0 Å². The van der Waals surface area contributed by atoms with Crippen LogP contribution in [-0.4, -0.2) is 88.1 Å². The van der Waals surface area contributed by atoms with Gasteiger partial charge in [-0.2, -0.15) is 0 Å². The summed E-state index contributed by atoms with van der Waals surface area (Å²) >= 11 is 0. The number of hydrogen-bond donors (Lipinski definition) is 1. The minimum Gasteiger partial charge on any atom is -0.351 e. The fourth-order valence-electron chi connectivity index (χ4n) is 4.43. The van der Waals surface area contributed by atoms with Gasteiger partial charge in [0, 0.05) is 45.5 Å². The molecule has 0 bridgehead atoms. The van der Waals surface area contributed by atoms with E-state index < -0.39 is 0 Å². The molecule has 1 aliphatic heterocycles. The van der Waals surface area contributed by atoms with Crippen molar-refractivity contribution < 1.29 is 4.79 Å². The highest BCUT2D eigenvalue weighted by Gasteiger charge is 2.29. The van der Waals surface area contributed by atoms with Gasteiger partial charge in [0.25, 0.3) is 5.91 Å². The van der Waals surface area contributed by atoms with E-state index in [-0.39, 0.29) is 11.9 Å². The first-order chi connectivity index (χ1) is 16.1. The number of piperazine rings is 1. The van der Waals surface area contributed by atoms with Crippen LogP contribution in [0.2, 0.25) is 0 Å². The summed E-state index contributed by atoms with van der Waals surface area (Å²) in [7, 11) is 2.13. The average Bonchev–Trinajstić information content (AvgIpc) is 3.26. The van der Waals surface area contributed by atoms with Crippen LogP contribution >= 0.6 is 0 Å². The van der Waals surface area contributed by atoms with Crippen molar-refractivity contribution in [1.29, 1.82) is 0 Å². The van der Waals surface area contributed by atoms with E-state index in [1.54, 1.807) is 0 Å². The molecule has 0 saturated carbocycles. The molecule has 176 valence electrons. The zero-order valence-electron chi connectivity index (χ0n) is 19.9. The Morgan fingerprint density at radius 1 is 1.09 bits per heavy atom. The van der Waals surface area contributed by atoms with Crippen molar-refractivity contribution in [3.05, 3.63) is 65.6 Å². The Labute approximate surface area is 196 Å². The van der Waals surface area contributed by atoms with E-state index in [1.807, 2.05) is 22.7 Å². The Balaban J connectivity index is 1.48. The van der Waals surface area contributed by atoms with Gasteiger partial charge in [0.05, 0.1) is 11.6 Å². The van der Waals surface area contributed by atoms with E-state index in [2.05, 4.69) is 81.4 Å². The van der Waals surface area contributed by atoms with E-state index >= 15 is 0 Å². The largest absolute Gasteiger partial charge is 0.351 e. The number of rotatable bonds is 9. The van der Waals surface area contributed by atoms with Crippen LogP contribution in [0.1, 0.15) is 41.6 Å². The lowest BCUT2D eigenvalue weighted by Gasteiger charge is -2.38. The minimum absolute atomic E-state index is 0.0635. The number of nitrogens with zero attached hydrogens (tertiary/aromatic N) is 6. The standard InChI is InChI=1S/C25H35N7O/c1-4-30(5-2)14-13-26-25(33)21-11-12-23-27-28-24(32(23)18-21)22-19-31(16-15-29(22)3)17-20-9-7-6-8-10-20/h6-12,18,22H,4-5,13-17,19H2,1-3H3,(H,26,33). The number of carbonyl (C=O) groups is 1. The Bertz CT molecular complexity index is 1050. The molecular formula is C25H35N7O. The third kappa shape index (κ3) is 5.58. The summed E-state index contributed by atoms with van der Waals surface area (Å²) in [4.78, 5) is 19.9. The first-order valence-corrected chi connectivity index (χ1v) is 11.9. The fraction of sp³-hybridized carbons (Fsp3) is 0.480. The van der Waals surface area contributed by atoms with Crippen LogP contribution < -0.4 is 5.32 Å². The summed E-state index contributed by atoms with van der Waals surface area (Å²) < 4.78 is 1.98.